The maximum absolute atomic E-state index is 12.2. The highest BCUT2D eigenvalue weighted by atomic mass is 32.2. The highest BCUT2D eigenvalue weighted by molar-refractivity contribution is 7.99. The summed E-state index contributed by atoms with van der Waals surface area (Å²) in [6.45, 7) is 2.88. The van der Waals surface area contributed by atoms with Crippen molar-refractivity contribution in [3.8, 4) is 0 Å². The Morgan fingerprint density at radius 3 is 2.60 bits per heavy atom. The molecule has 0 spiro atoms. The van der Waals surface area contributed by atoms with Crippen LogP contribution >= 0.6 is 11.8 Å². The molecule has 2 N–H and O–H groups in total. The molecule has 0 heterocycles. The second kappa shape index (κ2) is 6.69. The summed E-state index contributed by atoms with van der Waals surface area (Å²) >= 11 is 0.379. The number of aliphatic carboxylic acids is 1. The second-order valence-electron chi connectivity index (χ2n) is 4.82. The summed E-state index contributed by atoms with van der Waals surface area (Å²) in [5, 5.41) is 11.4. The van der Waals surface area contributed by atoms with Crippen LogP contribution in [0.5, 0.6) is 0 Å². The standard InChI is InChI=1S/C13H15F2NO3S/c1-13(2,11(18)19)7-10(17)16-8-4-3-5-9(6-8)20-12(14)15/h3-6,12H,7H2,1-2H3,(H,16,17)(H,18,19). The van der Waals surface area contributed by atoms with E-state index in [2.05, 4.69) is 5.32 Å². The quantitative estimate of drug-likeness (QED) is 0.790. The van der Waals surface area contributed by atoms with E-state index in [1.807, 2.05) is 0 Å². The van der Waals surface area contributed by atoms with Crippen LogP contribution in [-0.2, 0) is 9.59 Å². The van der Waals surface area contributed by atoms with Crippen LogP contribution in [0.3, 0.4) is 0 Å². The first kappa shape index (κ1) is 16.4. The number of carbonyl (C=O) groups excluding carboxylic acids is 1. The number of hydrogen-bond acceptors (Lipinski definition) is 3. The maximum atomic E-state index is 12.2. The lowest BCUT2D eigenvalue weighted by Crippen LogP contribution is -2.29. The van der Waals surface area contributed by atoms with Crippen molar-refractivity contribution >= 4 is 29.3 Å². The van der Waals surface area contributed by atoms with Gasteiger partial charge < -0.3 is 10.4 Å². The minimum atomic E-state index is -2.54. The molecule has 0 saturated carbocycles. The molecule has 0 fully saturated rings. The fraction of sp³-hybridized carbons (Fsp3) is 0.385. The topological polar surface area (TPSA) is 66.4 Å². The predicted molar refractivity (Wildman–Crippen MR) is 73.0 cm³/mol. The molecule has 0 aliphatic heterocycles. The van der Waals surface area contributed by atoms with Crippen LogP contribution < -0.4 is 5.32 Å². The number of thioether (sulfide) groups is 1. The summed E-state index contributed by atoms with van der Waals surface area (Å²) in [4.78, 5) is 23.0. The number of halogens is 2. The summed E-state index contributed by atoms with van der Waals surface area (Å²) in [5.74, 6) is -4.09. The van der Waals surface area contributed by atoms with Gasteiger partial charge in [-0.2, -0.15) is 8.78 Å². The van der Waals surface area contributed by atoms with Gasteiger partial charge in [-0.05, 0) is 32.0 Å². The van der Waals surface area contributed by atoms with Crippen molar-refractivity contribution in [2.45, 2.75) is 30.9 Å². The number of amides is 1. The van der Waals surface area contributed by atoms with Gasteiger partial charge in [-0.25, -0.2) is 0 Å². The number of rotatable bonds is 6. The van der Waals surface area contributed by atoms with E-state index in [1.54, 1.807) is 12.1 Å². The lowest BCUT2D eigenvalue weighted by Gasteiger charge is -2.18. The number of nitrogens with one attached hydrogen (secondary N) is 1. The molecular formula is C13H15F2NO3S. The zero-order valence-electron chi connectivity index (χ0n) is 11.0. The lowest BCUT2D eigenvalue weighted by molar-refractivity contribution is -0.148. The minimum absolute atomic E-state index is 0.200. The van der Waals surface area contributed by atoms with E-state index < -0.39 is 23.0 Å². The highest BCUT2D eigenvalue weighted by Gasteiger charge is 2.30. The van der Waals surface area contributed by atoms with Crippen LogP contribution in [-0.4, -0.2) is 22.7 Å². The lowest BCUT2D eigenvalue weighted by atomic mass is 9.89. The monoisotopic (exact) mass is 303 g/mol. The molecule has 0 saturated heterocycles. The Balaban J connectivity index is 2.69. The van der Waals surface area contributed by atoms with Crippen LogP contribution in [0.2, 0.25) is 0 Å². The van der Waals surface area contributed by atoms with Crippen LogP contribution in [0, 0.1) is 5.41 Å². The summed E-state index contributed by atoms with van der Waals surface area (Å²) in [6, 6.07) is 6.03. The molecule has 0 aliphatic carbocycles. The van der Waals surface area contributed by atoms with Gasteiger partial charge in [-0.1, -0.05) is 17.8 Å². The second-order valence-corrected chi connectivity index (χ2v) is 5.88. The minimum Gasteiger partial charge on any atom is -0.481 e. The number of carbonyl (C=O) groups is 2. The predicted octanol–water partition coefficient (Wildman–Crippen LogP) is 3.44. The first-order chi connectivity index (χ1) is 9.20. The zero-order valence-corrected chi connectivity index (χ0v) is 11.8. The molecule has 0 aromatic heterocycles. The van der Waals surface area contributed by atoms with E-state index in [4.69, 9.17) is 5.11 Å². The van der Waals surface area contributed by atoms with Gasteiger partial charge in [-0.3, -0.25) is 9.59 Å². The van der Waals surface area contributed by atoms with Gasteiger partial charge in [0.25, 0.3) is 5.76 Å². The van der Waals surface area contributed by atoms with Crippen molar-refractivity contribution in [3.05, 3.63) is 24.3 Å². The SMILES string of the molecule is CC(C)(CC(=O)Nc1cccc(SC(F)F)c1)C(=O)O. The highest BCUT2D eigenvalue weighted by Crippen LogP contribution is 2.27. The molecule has 0 bridgehead atoms. The molecule has 20 heavy (non-hydrogen) atoms. The molecule has 1 aromatic rings. The Labute approximate surface area is 119 Å². The number of benzene rings is 1. The Kier molecular flexibility index (Phi) is 5.50. The smallest absolute Gasteiger partial charge is 0.309 e. The van der Waals surface area contributed by atoms with Gasteiger partial charge in [0, 0.05) is 17.0 Å². The number of hydrogen-bond donors (Lipinski definition) is 2. The molecule has 0 unspecified atom stereocenters. The maximum Gasteiger partial charge on any atom is 0.309 e. The van der Waals surface area contributed by atoms with Gasteiger partial charge >= 0.3 is 5.97 Å². The molecule has 1 amide bonds. The van der Waals surface area contributed by atoms with E-state index in [1.165, 1.54) is 26.0 Å². The van der Waals surface area contributed by atoms with E-state index in [0.717, 1.165) is 0 Å². The molecule has 1 rings (SSSR count). The van der Waals surface area contributed by atoms with Crippen LogP contribution in [0.4, 0.5) is 14.5 Å². The third-order valence-electron chi connectivity index (χ3n) is 2.52. The van der Waals surface area contributed by atoms with Crippen molar-refractivity contribution in [1.82, 2.24) is 0 Å². The third kappa shape index (κ3) is 5.16. The average molecular weight is 303 g/mol. The fourth-order valence-electron chi connectivity index (χ4n) is 1.43. The number of alkyl halides is 2. The van der Waals surface area contributed by atoms with Gasteiger partial charge in [0.05, 0.1) is 5.41 Å². The van der Waals surface area contributed by atoms with Crippen molar-refractivity contribution < 1.29 is 23.5 Å². The molecule has 7 heteroatoms. The number of carboxylic acids is 1. The molecule has 0 aliphatic rings. The number of carboxylic acid groups (broad SMARTS) is 1. The van der Waals surface area contributed by atoms with Crippen LogP contribution in [0.1, 0.15) is 20.3 Å². The third-order valence-corrected chi connectivity index (χ3v) is 3.23. The average Bonchev–Trinajstić information content (AvgIpc) is 2.26. The van der Waals surface area contributed by atoms with Crippen molar-refractivity contribution in [2.75, 3.05) is 5.32 Å². The Bertz CT molecular complexity index is 506. The van der Waals surface area contributed by atoms with E-state index in [0.29, 0.717) is 22.3 Å². The summed E-state index contributed by atoms with van der Waals surface area (Å²) < 4.78 is 24.5. The van der Waals surface area contributed by atoms with Gasteiger partial charge in [0.1, 0.15) is 0 Å². The van der Waals surface area contributed by atoms with Gasteiger partial charge in [-0.15, -0.1) is 0 Å². The molecule has 1 aromatic carbocycles. The number of anilines is 1. The molecule has 0 atom stereocenters. The van der Waals surface area contributed by atoms with Crippen LogP contribution in [0.25, 0.3) is 0 Å². The Morgan fingerprint density at radius 1 is 1.40 bits per heavy atom. The largest absolute Gasteiger partial charge is 0.481 e. The normalized spacial score (nSPS) is 11.4. The molecule has 0 radical (unpaired) electrons. The van der Waals surface area contributed by atoms with Gasteiger partial charge in [0.15, 0.2) is 0 Å². The Morgan fingerprint density at radius 2 is 2.05 bits per heavy atom. The van der Waals surface area contributed by atoms with Crippen LogP contribution in [0.15, 0.2) is 29.2 Å². The summed E-state index contributed by atoms with van der Waals surface area (Å²) in [6.07, 6.45) is -0.200. The summed E-state index contributed by atoms with van der Waals surface area (Å²) in [7, 11) is 0. The van der Waals surface area contributed by atoms with E-state index >= 15 is 0 Å². The van der Waals surface area contributed by atoms with Gasteiger partial charge in [0.2, 0.25) is 5.91 Å². The van der Waals surface area contributed by atoms with Crippen molar-refractivity contribution in [3.63, 3.8) is 0 Å². The van der Waals surface area contributed by atoms with Crippen molar-refractivity contribution in [2.24, 2.45) is 5.41 Å². The first-order valence-electron chi connectivity index (χ1n) is 5.79. The fourth-order valence-corrected chi connectivity index (χ4v) is 1.99. The van der Waals surface area contributed by atoms with E-state index in [9.17, 15) is 18.4 Å². The van der Waals surface area contributed by atoms with Crippen molar-refractivity contribution in [1.29, 1.82) is 0 Å². The zero-order chi connectivity index (χ0) is 15.3. The van der Waals surface area contributed by atoms with E-state index in [-0.39, 0.29) is 6.42 Å². The molecule has 4 nitrogen and oxygen atoms in total. The summed E-state index contributed by atoms with van der Waals surface area (Å²) in [5.41, 5.74) is -0.818. The molecular weight excluding hydrogens is 288 g/mol. The first-order valence-corrected chi connectivity index (χ1v) is 6.67. The molecule has 110 valence electrons. The Hall–Kier alpha value is -1.63.